The molecule has 0 saturated carbocycles. The third-order valence-electron chi connectivity index (χ3n) is 5.48. The van der Waals surface area contributed by atoms with Crippen LogP contribution in [0, 0.1) is 13.8 Å². The van der Waals surface area contributed by atoms with Crippen molar-refractivity contribution in [3.8, 4) is 17.2 Å². The molecule has 0 radical (unpaired) electrons. The van der Waals surface area contributed by atoms with Crippen LogP contribution >= 0.6 is 0 Å². The predicted octanol–water partition coefficient (Wildman–Crippen LogP) is 3.93. The quantitative estimate of drug-likeness (QED) is 0.613. The zero-order valence-electron chi connectivity index (χ0n) is 17.3. The maximum atomic E-state index is 13.2. The zero-order valence-corrected chi connectivity index (χ0v) is 18.1. The maximum absolute atomic E-state index is 13.2. The molecule has 1 saturated heterocycles. The number of hydrogen-bond donors (Lipinski definition) is 0. The van der Waals surface area contributed by atoms with Gasteiger partial charge in [0.05, 0.1) is 17.9 Å². The fourth-order valence-electron chi connectivity index (χ4n) is 3.74. The Morgan fingerprint density at radius 3 is 2.57 bits per heavy atom. The fraction of sp³-hybridized carbons (Fsp3) is 0.364. The van der Waals surface area contributed by atoms with Crippen molar-refractivity contribution in [2.45, 2.75) is 37.5 Å². The number of rotatable bonds is 5. The molecule has 7 nitrogen and oxygen atoms in total. The summed E-state index contributed by atoms with van der Waals surface area (Å²) in [7, 11) is -2.04. The first kappa shape index (κ1) is 20.6. The van der Waals surface area contributed by atoms with Crippen LogP contribution in [0.2, 0.25) is 0 Å². The summed E-state index contributed by atoms with van der Waals surface area (Å²) in [5.41, 5.74) is 2.79. The van der Waals surface area contributed by atoms with Crippen LogP contribution in [0.25, 0.3) is 11.5 Å². The highest BCUT2D eigenvalue weighted by atomic mass is 32.2. The first-order chi connectivity index (χ1) is 14.4. The lowest BCUT2D eigenvalue weighted by Gasteiger charge is -2.30. The molecule has 0 N–H and O–H groups in total. The molecule has 1 aromatic heterocycles. The molecule has 3 aromatic rings. The highest BCUT2D eigenvalue weighted by molar-refractivity contribution is 7.89. The Balaban J connectivity index is 1.54. The molecule has 1 fully saturated rings. The van der Waals surface area contributed by atoms with Crippen molar-refractivity contribution in [2.24, 2.45) is 0 Å². The van der Waals surface area contributed by atoms with E-state index in [1.54, 1.807) is 25.3 Å². The van der Waals surface area contributed by atoms with Crippen molar-refractivity contribution in [3.05, 3.63) is 59.5 Å². The number of hydrogen-bond acceptors (Lipinski definition) is 6. The Morgan fingerprint density at radius 2 is 1.87 bits per heavy atom. The van der Waals surface area contributed by atoms with Gasteiger partial charge in [0.2, 0.25) is 21.8 Å². The van der Waals surface area contributed by atoms with Gasteiger partial charge in [-0.25, -0.2) is 8.42 Å². The predicted molar refractivity (Wildman–Crippen MR) is 113 cm³/mol. The Kier molecular flexibility index (Phi) is 5.62. The third-order valence-corrected chi connectivity index (χ3v) is 7.34. The maximum Gasteiger partial charge on any atom is 0.247 e. The van der Waals surface area contributed by atoms with Gasteiger partial charge in [-0.2, -0.15) is 4.31 Å². The Labute approximate surface area is 176 Å². The lowest BCUT2D eigenvalue weighted by Crippen LogP contribution is -2.39. The molecule has 2 aromatic carbocycles. The van der Waals surface area contributed by atoms with Gasteiger partial charge in [-0.3, -0.25) is 0 Å². The number of aromatic nitrogens is 2. The van der Waals surface area contributed by atoms with Crippen molar-refractivity contribution < 1.29 is 17.6 Å². The molecule has 0 unspecified atom stereocenters. The van der Waals surface area contributed by atoms with Crippen molar-refractivity contribution in [3.63, 3.8) is 0 Å². The van der Waals surface area contributed by atoms with Crippen LogP contribution in [0.15, 0.2) is 51.8 Å². The van der Waals surface area contributed by atoms with Crippen LogP contribution in [-0.2, 0) is 10.0 Å². The smallest absolute Gasteiger partial charge is 0.247 e. The first-order valence-electron chi connectivity index (χ1n) is 9.93. The fourth-order valence-corrected chi connectivity index (χ4v) is 5.34. The van der Waals surface area contributed by atoms with Gasteiger partial charge in [-0.15, -0.1) is 10.2 Å². The van der Waals surface area contributed by atoms with Gasteiger partial charge in [0.15, 0.2) is 0 Å². The number of ether oxygens (including phenoxy) is 1. The van der Waals surface area contributed by atoms with Crippen molar-refractivity contribution in [1.82, 2.24) is 14.5 Å². The molecule has 8 heteroatoms. The van der Waals surface area contributed by atoms with E-state index in [1.165, 1.54) is 4.31 Å². The van der Waals surface area contributed by atoms with Gasteiger partial charge in [-0.1, -0.05) is 17.7 Å². The van der Waals surface area contributed by atoms with Crippen LogP contribution in [-0.4, -0.2) is 43.1 Å². The molecule has 158 valence electrons. The molecule has 1 aliphatic rings. The Morgan fingerprint density at radius 1 is 1.10 bits per heavy atom. The van der Waals surface area contributed by atoms with E-state index in [4.69, 9.17) is 9.15 Å². The molecule has 0 amide bonds. The summed E-state index contributed by atoms with van der Waals surface area (Å²) in [6, 6.07) is 12.8. The van der Waals surface area contributed by atoms with Crippen molar-refractivity contribution in [2.75, 3.05) is 20.2 Å². The second kappa shape index (κ2) is 8.20. The summed E-state index contributed by atoms with van der Waals surface area (Å²) in [4.78, 5) is 0.271. The Hall–Kier alpha value is -2.71. The van der Waals surface area contributed by atoms with Crippen molar-refractivity contribution in [1.29, 1.82) is 0 Å². The van der Waals surface area contributed by atoms with Crippen LogP contribution in [0.1, 0.15) is 35.8 Å². The van der Waals surface area contributed by atoms with E-state index in [9.17, 15) is 8.42 Å². The van der Waals surface area contributed by atoms with E-state index in [2.05, 4.69) is 10.2 Å². The minimum absolute atomic E-state index is 0.125. The molecule has 30 heavy (non-hydrogen) atoms. The number of methoxy groups -OCH3 is 1. The number of benzene rings is 2. The van der Waals surface area contributed by atoms with Crippen LogP contribution in [0.3, 0.4) is 0 Å². The summed E-state index contributed by atoms with van der Waals surface area (Å²) in [5, 5.41) is 8.38. The molecule has 0 spiro atoms. The van der Waals surface area contributed by atoms with Gasteiger partial charge in [0, 0.05) is 18.7 Å². The topological polar surface area (TPSA) is 85.5 Å². The molecule has 1 atom stereocenters. The summed E-state index contributed by atoms with van der Waals surface area (Å²) in [6.45, 7) is 4.65. The zero-order chi connectivity index (χ0) is 21.3. The average molecular weight is 428 g/mol. The number of piperidine rings is 1. The monoisotopic (exact) mass is 427 g/mol. The van der Waals surface area contributed by atoms with Crippen molar-refractivity contribution >= 4 is 10.0 Å². The SMILES string of the molecule is COc1ccc(S(=O)(=O)N2CCC[C@H](c3nnc(-c4ccc(C)cc4)o3)C2)cc1C. The highest BCUT2D eigenvalue weighted by Crippen LogP contribution is 2.32. The summed E-state index contributed by atoms with van der Waals surface area (Å²) in [6.07, 6.45) is 1.55. The summed E-state index contributed by atoms with van der Waals surface area (Å²) in [5.74, 6) is 1.48. The van der Waals surface area contributed by atoms with E-state index in [0.717, 1.165) is 29.5 Å². The van der Waals surface area contributed by atoms with E-state index < -0.39 is 10.0 Å². The standard InChI is InChI=1S/C22H25N3O4S/c1-15-6-8-17(9-7-15)21-23-24-22(29-21)18-5-4-12-25(14-18)30(26,27)19-10-11-20(28-3)16(2)13-19/h6-11,13,18H,4-5,12,14H2,1-3H3/t18-/m0/s1. The normalized spacial score (nSPS) is 17.8. The third kappa shape index (κ3) is 3.97. The molecule has 0 bridgehead atoms. The van der Waals surface area contributed by atoms with Crippen LogP contribution in [0.4, 0.5) is 0 Å². The van der Waals surface area contributed by atoms with Crippen LogP contribution < -0.4 is 4.74 Å². The van der Waals surface area contributed by atoms with E-state index in [1.807, 2.05) is 38.1 Å². The van der Waals surface area contributed by atoms with Gasteiger partial charge in [0.25, 0.3) is 0 Å². The highest BCUT2D eigenvalue weighted by Gasteiger charge is 2.33. The van der Waals surface area contributed by atoms with Gasteiger partial charge >= 0.3 is 0 Å². The number of aryl methyl sites for hydroxylation is 2. The second-order valence-corrected chi connectivity index (χ2v) is 9.58. The van der Waals surface area contributed by atoms with Gasteiger partial charge in [0.1, 0.15) is 5.75 Å². The second-order valence-electron chi connectivity index (χ2n) is 7.65. The molecule has 4 rings (SSSR count). The lowest BCUT2D eigenvalue weighted by molar-refractivity contribution is 0.286. The lowest BCUT2D eigenvalue weighted by atomic mass is 10.00. The van der Waals surface area contributed by atoms with Crippen LogP contribution in [0.5, 0.6) is 5.75 Å². The minimum Gasteiger partial charge on any atom is -0.496 e. The number of nitrogens with zero attached hydrogens (tertiary/aromatic N) is 3. The molecule has 2 heterocycles. The minimum atomic E-state index is -3.61. The van der Waals surface area contributed by atoms with Gasteiger partial charge < -0.3 is 9.15 Å². The van der Waals surface area contributed by atoms with E-state index >= 15 is 0 Å². The molecule has 0 aliphatic carbocycles. The average Bonchev–Trinajstić information content (AvgIpc) is 3.24. The molecule has 1 aliphatic heterocycles. The number of sulfonamides is 1. The Bertz CT molecular complexity index is 1140. The van der Waals surface area contributed by atoms with E-state index in [0.29, 0.717) is 30.6 Å². The van der Waals surface area contributed by atoms with Gasteiger partial charge in [-0.05, 0) is 62.6 Å². The largest absolute Gasteiger partial charge is 0.496 e. The molecular formula is C22H25N3O4S. The van der Waals surface area contributed by atoms with E-state index in [-0.39, 0.29) is 10.8 Å². The summed E-state index contributed by atoms with van der Waals surface area (Å²) >= 11 is 0. The first-order valence-corrected chi connectivity index (χ1v) is 11.4. The summed E-state index contributed by atoms with van der Waals surface area (Å²) < 4.78 is 39.0. The molecular weight excluding hydrogens is 402 g/mol.